The van der Waals surface area contributed by atoms with Crippen LogP contribution in [0.25, 0.3) is 0 Å². The Kier molecular flexibility index (Phi) is 9.55. The first kappa shape index (κ1) is 17.7. The number of carbonyl (C=O) groups is 1. The lowest BCUT2D eigenvalue weighted by Crippen LogP contribution is -2.22. The maximum atomic E-state index is 11.1. The fraction of sp³-hybridized carbons (Fsp3) is 0.611. The van der Waals surface area contributed by atoms with Crippen LogP contribution in [0, 0.1) is 0 Å². The second-order valence-electron chi connectivity index (χ2n) is 5.99. The van der Waals surface area contributed by atoms with Crippen molar-refractivity contribution in [2.45, 2.75) is 45.1 Å². The molecule has 0 N–H and O–H groups in total. The van der Waals surface area contributed by atoms with Crippen LogP contribution in [-0.2, 0) is 11.3 Å². The maximum absolute atomic E-state index is 11.1. The maximum Gasteiger partial charge on any atom is 0.210 e. The summed E-state index contributed by atoms with van der Waals surface area (Å²) in [6, 6.07) is 10.2. The summed E-state index contributed by atoms with van der Waals surface area (Å²) in [6.07, 6.45) is 8.52. The highest BCUT2D eigenvalue weighted by molar-refractivity contribution is 5.47. The normalized spacial score (nSPS) is 10.8. The first-order valence-electron chi connectivity index (χ1n) is 8.10. The van der Waals surface area contributed by atoms with E-state index in [0.717, 1.165) is 25.9 Å². The smallest absolute Gasteiger partial charge is 0.210 e. The van der Waals surface area contributed by atoms with Gasteiger partial charge in [0.15, 0.2) is 0 Å². The molecule has 1 aromatic carbocycles. The van der Waals surface area contributed by atoms with Crippen LogP contribution in [0.1, 0.15) is 44.1 Å². The van der Waals surface area contributed by atoms with Crippen LogP contribution in [0.5, 0.6) is 0 Å². The first-order valence-corrected chi connectivity index (χ1v) is 8.10. The van der Waals surface area contributed by atoms with Gasteiger partial charge in [-0.2, -0.15) is 0 Å². The van der Waals surface area contributed by atoms with Gasteiger partial charge in [-0.1, -0.05) is 56.0 Å². The zero-order chi connectivity index (χ0) is 15.3. The third-order valence-corrected chi connectivity index (χ3v) is 3.68. The van der Waals surface area contributed by atoms with Crippen molar-refractivity contribution < 1.29 is 4.79 Å². The van der Waals surface area contributed by atoms with Crippen molar-refractivity contribution in [3.8, 4) is 0 Å². The topological polar surface area (TPSA) is 23.6 Å². The average Bonchev–Trinajstić information content (AvgIpc) is 2.49. The van der Waals surface area contributed by atoms with E-state index in [4.69, 9.17) is 0 Å². The molecule has 0 heterocycles. The summed E-state index contributed by atoms with van der Waals surface area (Å²) in [4.78, 5) is 15.2. The lowest BCUT2D eigenvalue weighted by atomic mass is 10.1. The van der Waals surface area contributed by atoms with Gasteiger partial charge in [0.25, 0.3) is 0 Å². The van der Waals surface area contributed by atoms with Gasteiger partial charge < -0.3 is 9.80 Å². The third-order valence-electron chi connectivity index (χ3n) is 3.68. The van der Waals surface area contributed by atoms with Crippen molar-refractivity contribution in [2.75, 3.05) is 27.2 Å². The van der Waals surface area contributed by atoms with Crippen LogP contribution in [-0.4, -0.2) is 43.4 Å². The Morgan fingerprint density at radius 1 is 0.857 bits per heavy atom. The molecular formula is C18H30N2O. The quantitative estimate of drug-likeness (QED) is 0.434. The molecule has 0 radical (unpaired) electrons. The predicted octanol–water partition coefficient (Wildman–Crippen LogP) is 3.55. The van der Waals surface area contributed by atoms with Gasteiger partial charge in [0.1, 0.15) is 0 Å². The number of carbonyl (C=O) groups excluding carboxylic acids is 1. The first-order chi connectivity index (χ1) is 10.2. The van der Waals surface area contributed by atoms with Crippen LogP contribution in [0.3, 0.4) is 0 Å². The van der Waals surface area contributed by atoms with Crippen molar-refractivity contribution >= 4 is 6.41 Å². The fourth-order valence-corrected chi connectivity index (χ4v) is 2.44. The molecule has 21 heavy (non-hydrogen) atoms. The van der Waals surface area contributed by atoms with Crippen molar-refractivity contribution in [3.05, 3.63) is 35.9 Å². The molecule has 0 aromatic heterocycles. The number of hydrogen-bond acceptors (Lipinski definition) is 2. The van der Waals surface area contributed by atoms with E-state index < -0.39 is 0 Å². The third kappa shape index (κ3) is 9.24. The van der Waals surface area contributed by atoms with Crippen molar-refractivity contribution in [1.29, 1.82) is 0 Å². The molecule has 0 saturated heterocycles. The number of hydrogen-bond donors (Lipinski definition) is 0. The Morgan fingerprint density at radius 3 is 2.00 bits per heavy atom. The Morgan fingerprint density at radius 2 is 1.43 bits per heavy atom. The van der Waals surface area contributed by atoms with E-state index in [9.17, 15) is 4.79 Å². The molecule has 0 saturated carbocycles. The van der Waals surface area contributed by atoms with E-state index in [0.29, 0.717) is 0 Å². The molecule has 0 aliphatic heterocycles. The molecule has 3 heteroatoms. The van der Waals surface area contributed by atoms with Gasteiger partial charge in [-0.15, -0.1) is 0 Å². The molecule has 3 nitrogen and oxygen atoms in total. The number of rotatable bonds is 12. The summed E-state index contributed by atoms with van der Waals surface area (Å²) in [7, 11) is 4.25. The van der Waals surface area contributed by atoms with E-state index in [-0.39, 0.29) is 0 Å². The Hall–Kier alpha value is -1.35. The molecule has 1 aromatic rings. The summed E-state index contributed by atoms with van der Waals surface area (Å²) in [6.45, 7) is 2.79. The van der Waals surface area contributed by atoms with E-state index in [1.165, 1.54) is 44.2 Å². The molecule has 0 aliphatic rings. The van der Waals surface area contributed by atoms with Crippen molar-refractivity contribution in [3.63, 3.8) is 0 Å². The standard InChI is InChI=1S/C18H30N2O/c1-19(2)14-10-5-3-4-6-11-15-20(17-21)16-18-12-8-7-9-13-18/h7-9,12-13,17H,3-6,10-11,14-16H2,1-2H3. The lowest BCUT2D eigenvalue weighted by Gasteiger charge is -2.17. The summed E-state index contributed by atoms with van der Waals surface area (Å²) in [5.74, 6) is 0. The van der Waals surface area contributed by atoms with Crippen LogP contribution in [0.2, 0.25) is 0 Å². The number of amides is 1. The molecule has 118 valence electrons. The highest BCUT2D eigenvalue weighted by atomic mass is 16.1. The molecule has 1 rings (SSSR count). The second-order valence-corrected chi connectivity index (χ2v) is 5.99. The van der Waals surface area contributed by atoms with Gasteiger partial charge in [0, 0.05) is 13.1 Å². The van der Waals surface area contributed by atoms with Gasteiger partial charge in [-0.05, 0) is 39.0 Å². The minimum atomic E-state index is 0.729. The van der Waals surface area contributed by atoms with Gasteiger partial charge in [-0.3, -0.25) is 4.79 Å². The summed E-state index contributed by atoms with van der Waals surface area (Å²) in [5, 5.41) is 0. The highest BCUT2D eigenvalue weighted by Crippen LogP contribution is 2.08. The Bertz CT molecular complexity index is 365. The molecule has 0 atom stereocenters. The number of benzene rings is 1. The lowest BCUT2D eigenvalue weighted by molar-refractivity contribution is -0.118. The van der Waals surface area contributed by atoms with E-state index in [1.807, 2.05) is 23.1 Å². The number of unbranched alkanes of at least 4 members (excludes halogenated alkanes) is 5. The molecular weight excluding hydrogens is 260 g/mol. The highest BCUT2D eigenvalue weighted by Gasteiger charge is 2.02. The average molecular weight is 290 g/mol. The largest absolute Gasteiger partial charge is 0.341 e. The van der Waals surface area contributed by atoms with Crippen LogP contribution >= 0.6 is 0 Å². The van der Waals surface area contributed by atoms with Crippen LogP contribution in [0.4, 0.5) is 0 Å². The molecule has 0 fully saturated rings. The van der Waals surface area contributed by atoms with E-state index >= 15 is 0 Å². The molecule has 0 unspecified atom stereocenters. The SMILES string of the molecule is CN(C)CCCCCCCCN(C=O)Cc1ccccc1. The fourth-order valence-electron chi connectivity index (χ4n) is 2.44. The minimum absolute atomic E-state index is 0.729. The summed E-state index contributed by atoms with van der Waals surface area (Å²) in [5.41, 5.74) is 1.20. The monoisotopic (exact) mass is 290 g/mol. The van der Waals surface area contributed by atoms with Crippen LogP contribution < -0.4 is 0 Å². The molecule has 0 bridgehead atoms. The van der Waals surface area contributed by atoms with Gasteiger partial charge in [0.05, 0.1) is 0 Å². The molecule has 0 spiro atoms. The molecule has 0 aliphatic carbocycles. The second kappa shape index (κ2) is 11.3. The van der Waals surface area contributed by atoms with Gasteiger partial charge >= 0.3 is 0 Å². The van der Waals surface area contributed by atoms with Crippen LogP contribution in [0.15, 0.2) is 30.3 Å². The zero-order valence-electron chi connectivity index (χ0n) is 13.6. The zero-order valence-corrected chi connectivity index (χ0v) is 13.6. The van der Waals surface area contributed by atoms with Crippen molar-refractivity contribution in [1.82, 2.24) is 9.80 Å². The van der Waals surface area contributed by atoms with Gasteiger partial charge in [0.2, 0.25) is 6.41 Å². The minimum Gasteiger partial charge on any atom is -0.341 e. The van der Waals surface area contributed by atoms with Gasteiger partial charge in [-0.25, -0.2) is 0 Å². The summed E-state index contributed by atoms with van der Waals surface area (Å²) >= 11 is 0. The Balaban J connectivity index is 2.03. The Labute approximate surface area is 129 Å². The van der Waals surface area contributed by atoms with Crippen molar-refractivity contribution in [2.24, 2.45) is 0 Å². The number of nitrogens with zero attached hydrogens (tertiary/aromatic N) is 2. The predicted molar refractivity (Wildman–Crippen MR) is 89.2 cm³/mol. The van der Waals surface area contributed by atoms with E-state index in [2.05, 4.69) is 31.1 Å². The molecule has 1 amide bonds. The summed E-state index contributed by atoms with van der Waals surface area (Å²) < 4.78 is 0. The van der Waals surface area contributed by atoms with E-state index in [1.54, 1.807) is 0 Å².